The van der Waals surface area contributed by atoms with Crippen LogP contribution in [0.25, 0.3) is 0 Å². The Hall–Kier alpha value is -1.87. The van der Waals surface area contributed by atoms with Gasteiger partial charge in [-0.25, -0.2) is 0 Å². The van der Waals surface area contributed by atoms with Crippen LogP contribution in [0.3, 0.4) is 0 Å². The molecule has 0 spiro atoms. The number of hydrogen-bond donors (Lipinski definition) is 1. The molecular weight excluding hydrogens is 224 g/mol. The Kier molecular flexibility index (Phi) is 4.31. The lowest BCUT2D eigenvalue weighted by molar-refractivity contribution is 0.334. The second-order valence-electron chi connectivity index (χ2n) is 3.98. The smallest absolute Gasteiger partial charge is 0.124 e. The normalized spacial score (nSPS) is 12.1. The Morgan fingerprint density at radius 1 is 1.22 bits per heavy atom. The Labute approximate surface area is 108 Å². The molecule has 1 N–H and O–H groups in total. The lowest BCUT2D eigenvalue weighted by Crippen LogP contribution is -2.18. The molecule has 0 aliphatic carbocycles. The van der Waals surface area contributed by atoms with E-state index >= 15 is 0 Å². The molecule has 0 saturated carbocycles. The van der Waals surface area contributed by atoms with Crippen molar-refractivity contribution < 1.29 is 4.74 Å². The van der Waals surface area contributed by atoms with Crippen LogP contribution >= 0.6 is 0 Å². The van der Waals surface area contributed by atoms with Crippen LogP contribution in [0.2, 0.25) is 0 Å². The molecule has 1 unspecified atom stereocenters. The summed E-state index contributed by atoms with van der Waals surface area (Å²) in [5, 5.41) is 3.31. The van der Waals surface area contributed by atoms with Crippen molar-refractivity contribution in [1.29, 1.82) is 0 Å². The van der Waals surface area contributed by atoms with Gasteiger partial charge in [-0.2, -0.15) is 0 Å². The summed E-state index contributed by atoms with van der Waals surface area (Å²) >= 11 is 0. The second kappa shape index (κ2) is 6.17. The average molecular weight is 242 g/mol. The molecule has 0 aliphatic rings. The number of aromatic nitrogens is 1. The summed E-state index contributed by atoms with van der Waals surface area (Å²) in [6.07, 6.45) is 3.66. The monoisotopic (exact) mass is 242 g/mol. The molecule has 1 atom stereocenters. The molecule has 2 aromatic rings. The lowest BCUT2D eigenvalue weighted by atomic mass is 9.99. The topological polar surface area (TPSA) is 34.1 Å². The maximum absolute atomic E-state index is 5.68. The van der Waals surface area contributed by atoms with Crippen LogP contribution in [0, 0.1) is 0 Å². The third-order valence-electron chi connectivity index (χ3n) is 2.84. The predicted octanol–water partition coefficient (Wildman–Crippen LogP) is 2.79. The van der Waals surface area contributed by atoms with Crippen molar-refractivity contribution in [2.24, 2.45) is 0 Å². The van der Waals surface area contributed by atoms with E-state index in [0.717, 1.165) is 16.9 Å². The zero-order valence-corrected chi connectivity index (χ0v) is 10.8. The lowest BCUT2D eigenvalue weighted by Gasteiger charge is -2.20. The van der Waals surface area contributed by atoms with Crippen molar-refractivity contribution >= 4 is 0 Å². The number of para-hydroxylation sites is 1. The molecule has 2 rings (SSSR count). The van der Waals surface area contributed by atoms with Crippen molar-refractivity contribution in [3.63, 3.8) is 0 Å². The first-order valence-electron chi connectivity index (χ1n) is 6.15. The van der Waals surface area contributed by atoms with E-state index in [0.29, 0.717) is 6.61 Å². The summed E-state index contributed by atoms with van der Waals surface area (Å²) in [4.78, 5) is 4.17. The molecule has 0 bridgehead atoms. The number of benzene rings is 1. The van der Waals surface area contributed by atoms with Gasteiger partial charge in [-0.15, -0.1) is 0 Å². The molecule has 0 saturated heterocycles. The van der Waals surface area contributed by atoms with E-state index in [1.165, 1.54) is 0 Å². The predicted molar refractivity (Wildman–Crippen MR) is 72.8 cm³/mol. The van der Waals surface area contributed by atoms with Crippen LogP contribution in [0.1, 0.15) is 24.1 Å². The fourth-order valence-electron chi connectivity index (χ4n) is 2.05. The Morgan fingerprint density at radius 2 is 2.06 bits per heavy atom. The van der Waals surface area contributed by atoms with Gasteiger partial charge in [-0.05, 0) is 31.7 Å². The van der Waals surface area contributed by atoms with Gasteiger partial charge in [-0.1, -0.05) is 24.3 Å². The van der Waals surface area contributed by atoms with Crippen molar-refractivity contribution in [3.05, 3.63) is 59.9 Å². The van der Waals surface area contributed by atoms with Crippen molar-refractivity contribution in [2.45, 2.75) is 13.0 Å². The number of ether oxygens (including phenoxy) is 1. The standard InChI is InChI=1S/C15H18N2O/c1-3-18-14-9-5-4-8-13(14)15(16-2)12-7-6-10-17-11-12/h4-11,15-16H,3H2,1-2H3. The van der Waals surface area contributed by atoms with Crippen LogP contribution in [-0.2, 0) is 0 Å². The van der Waals surface area contributed by atoms with E-state index in [1.807, 2.05) is 44.4 Å². The maximum Gasteiger partial charge on any atom is 0.124 e. The first-order valence-corrected chi connectivity index (χ1v) is 6.15. The van der Waals surface area contributed by atoms with Gasteiger partial charge in [-0.3, -0.25) is 4.98 Å². The third-order valence-corrected chi connectivity index (χ3v) is 2.84. The number of nitrogens with zero attached hydrogens (tertiary/aromatic N) is 1. The summed E-state index contributed by atoms with van der Waals surface area (Å²) in [5.41, 5.74) is 2.27. The highest BCUT2D eigenvalue weighted by molar-refractivity contribution is 5.40. The molecule has 1 aromatic heterocycles. The van der Waals surface area contributed by atoms with Gasteiger partial charge in [0.2, 0.25) is 0 Å². The van der Waals surface area contributed by atoms with Gasteiger partial charge < -0.3 is 10.1 Å². The van der Waals surface area contributed by atoms with Crippen LogP contribution in [0.5, 0.6) is 5.75 Å². The van der Waals surface area contributed by atoms with Crippen LogP contribution in [0.15, 0.2) is 48.8 Å². The Morgan fingerprint density at radius 3 is 2.72 bits per heavy atom. The minimum absolute atomic E-state index is 0.0986. The van der Waals surface area contributed by atoms with Crippen LogP contribution in [0.4, 0.5) is 0 Å². The van der Waals surface area contributed by atoms with Crippen molar-refractivity contribution in [2.75, 3.05) is 13.7 Å². The quantitative estimate of drug-likeness (QED) is 0.875. The highest BCUT2D eigenvalue weighted by atomic mass is 16.5. The number of rotatable bonds is 5. The van der Waals surface area contributed by atoms with Gasteiger partial charge >= 0.3 is 0 Å². The fourth-order valence-corrected chi connectivity index (χ4v) is 2.05. The molecule has 0 fully saturated rings. The second-order valence-corrected chi connectivity index (χ2v) is 3.98. The Bertz CT molecular complexity index is 485. The van der Waals surface area contributed by atoms with Crippen molar-refractivity contribution in [1.82, 2.24) is 10.3 Å². The fraction of sp³-hybridized carbons (Fsp3) is 0.267. The average Bonchev–Trinajstić information content (AvgIpc) is 2.43. The van der Waals surface area contributed by atoms with E-state index in [1.54, 1.807) is 6.20 Å². The largest absolute Gasteiger partial charge is 0.494 e. The van der Waals surface area contributed by atoms with Crippen LogP contribution < -0.4 is 10.1 Å². The summed E-state index contributed by atoms with van der Waals surface area (Å²) in [7, 11) is 1.94. The number of nitrogens with one attached hydrogen (secondary N) is 1. The van der Waals surface area contributed by atoms with Gasteiger partial charge in [0.1, 0.15) is 5.75 Å². The first kappa shape index (κ1) is 12.6. The minimum atomic E-state index is 0.0986. The van der Waals surface area contributed by atoms with Gasteiger partial charge in [0.25, 0.3) is 0 Å². The molecule has 3 nitrogen and oxygen atoms in total. The van der Waals surface area contributed by atoms with Crippen molar-refractivity contribution in [3.8, 4) is 5.75 Å². The van der Waals surface area contributed by atoms with E-state index in [-0.39, 0.29) is 6.04 Å². The van der Waals surface area contributed by atoms with Gasteiger partial charge in [0.05, 0.1) is 12.6 Å². The Balaban J connectivity index is 2.39. The van der Waals surface area contributed by atoms with Crippen LogP contribution in [-0.4, -0.2) is 18.6 Å². The summed E-state index contributed by atoms with van der Waals surface area (Å²) < 4.78 is 5.68. The number of pyridine rings is 1. The molecule has 3 heteroatoms. The van der Waals surface area contributed by atoms with E-state index < -0.39 is 0 Å². The zero-order valence-electron chi connectivity index (χ0n) is 10.8. The minimum Gasteiger partial charge on any atom is -0.494 e. The molecule has 18 heavy (non-hydrogen) atoms. The molecule has 94 valence electrons. The zero-order chi connectivity index (χ0) is 12.8. The molecule has 1 aromatic carbocycles. The van der Waals surface area contributed by atoms with Gasteiger partial charge in [0.15, 0.2) is 0 Å². The maximum atomic E-state index is 5.68. The highest BCUT2D eigenvalue weighted by Gasteiger charge is 2.16. The van der Waals surface area contributed by atoms with E-state index in [2.05, 4.69) is 22.4 Å². The highest BCUT2D eigenvalue weighted by Crippen LogP contribution is 2.29. The SMILES string of the molecule is CCOc1ccccc1C(NC)c1cccnc1. The van der Waals surface area contributed by atoms with Gasteiger partial charge in [0, 0.05) is 18.0 Å². The molecular formula is C15H18N2O. The molecule has 0 amide bonds. The van der Waals surface area contributed by atoms with E-state index in [4.69, 9.17) is 4.74 Å². The third kappa shape index (κ3) is 2.68. The molecule has 0 radical (unpaired) electrons. The summed E-state index contributed by atoms with van der Waals surface area (Å²) in [6, 6.07) is 12.2. The van der Waals surface area contributed by atoms with E-state index in [9.17, 15) is 0 Å². The summed E-state index contributed by atoms with van der Waals surface area (Å²) in [5.74, 6) is 0.920. The summed E-state index contributed by atoms with van der Waals surface area (Å²) in [6.45, 7) is 2.66. The first-order chi connectivity index (χ1) is 8.86. The molecule has 0 aliphatic heterocycles. The number of hydrogen-bond acceptors (Lipinski definition) is 3. The molecule has 1 heterocycles.